The Kier molecular flexibility index (Phi) is 5.02. The zero-order chi connectivity index (χ0) is 16.1. The first-order valence-electron chi connectivity index (χ1n) is 8.10. The fourth-order valence-electron chi connectivity index (χ4n) is 2.97. The van der Waals surface area contributed by atoms with Crippen molar-refractivity contribution >= 4 is 11.6 Å². The lowest BCUT2D eigenvalue weighted by atomic mass is 9.92. The van der Waals surface area contributed by atoms with Gasteiger partial charge in [0.2, 0.25) is 5.91 Å². The number of carbonyl (C=O) groups is 1. The topological polar surface area (TPSA) is 69.0 Å². The van der Waals surface area contributed by atoms with Crippen molar-refractivity contribution in [3.05, 3.63) is 42.5 Å². The minimum Gasteiger partial charge on any atom is -0.377 e. The van der Waals surface area contributed by atoms with Crippen molar-refractivity contribution < 1.29 is 9.53 Å². The molecule has 1 fully saturated rings. The highest BCUT2D eigenvalue weighted by atomic mass is 16.5. The van der Waals surface area contributed by atoms with E-state index in [1.807, 2.05) is 18.3 Å². The van der Waals surface area contributed by atoms with Crippen LogP contribution in [0.4, 0.5) is 5.69 Å². The van der Waals surface area contributed by atoms with E-state index in [9.17, 15) is 4.79 Å². The van der Waals surface area contributed by atoms with Gasteiger partial charge in [-0.3, -0.25) is 14.5 Å². The van der Waals surface area contributed by atoms with Gasteiger partial charge in [0, 0.05) is 25.2 Å². The van der Waals surface area contributed by atoms with Crippen LogP contribution in [0.5, 0.6) is 0 Å². The van der Waals surface area contributed by atoms with Crippen LogP contribution in [0.25, 0.3) is 0 Å². The van der Waals surface area contributed by atoms with Crippen molar-refractivity contribution in [3.8, 4) is 0 Å². The van der Waals surface area contributed by atoms with Crippen molar-refractivity contribution in [2.24, 2.45) is 5.92 Å². The standard InChI is InChI=1S/C17H22N4O2/c1-2-16-15(4-3-9-23-16)17(22)20-14-10-19-21(12-14)11-13-5-7-18-8-6-13/h5-8,10,12,15-16H,2-4,9,11H2,1H3,(H,20,22)/t15-,16-/m0/s1. The molecule has 3 heterocycles. The van der Waals surface area contributed by atoms with E-state index in [0.29, 0.717) is 6.54 Å². The van der Waals surface area contributed by atoms with E-state index in [0.717, 1.165) is 37.1 Å². The molecule has 2 aromatic rings. The van der Waals surface area contributed by atoms with Gasteiger partial charge in [-0.2, -0.15) is 5.10 Å². The number of nitrogens with one attached hydrogen (secondary N) is 1. The Morgan fingerprint density at radius 1 is 1.43 bits per heavy atom. The van der Waals surface area contributed by atoms with E-state index < -0.39 is 0 Å². The number of nitrogens with zero attached hydrogens (tertiary/aromatic N) is 3. The maximum Gasteiger partial charge on any atom is 0.230 e. The summed E-state index contributed by atoms with van der Waals surface area (Å²) in [6.07, 6.45) is 9.76. The van der Waals surface area contributed by atoms with Crippen LogP contribution in [0.15, 0.2) is 36.9 Å². The lowest BCUT2D eigenvalue weighted by Gasteiger charge is -2.29. The molecule has 1 amide bonds. The summed E-state index contributed by atoms with van der Waals surface area (Å²) >= 11 is 0. The van der Waals surface area contributed by atoms with Crippen LogP contribution in [0.3, 0.4) is 0 Å². The third kappa shape index (κ3) is 3.96. The molecule has 0 aromatic carbocycles. The molecule has 1 saturated heterocycles. The molecule has 0 unspecified atom stereocenters. The molecule has 6 heteroatoms. The normalized spacial score (nSPS) is 21.1. The number of rotatable bonds is 5. The first-order valence-corrected chi connectivity index (χ1v) is 8.10. The number of hydrogen-bond acceptors (Lipinski definition) is 4. The molecule has 2 atom stereocenters. The Labute approximate surface area is 135 Å². The maximum absolute atomic E-state index is 12.5. The molecule has 0 radical (unpaired) electrons. The van der Waals surface area contributed by atoms with Gasteiger partial charge < -0.3 is 10.1 Å². The second-order valence-electron chi connectivity index (χ2n) is 5.84. The highest BCUT2D eigenvalue weighted by Crippen LogP contribution is 2.24. The summed E-state index contributed by atoms with van der Waals surface area (Å²) in [6, 6.07) is 3.90. The third-order valence-corrected chi connectivity index (χ3v) is 4.17. The van der Waals surface area contributed by atoms with Crippen LogP contribution in [-0.2, 0) is 16.1 Å². The van der Waals surface area contributed by atoms with Gasteiger partial charge in [-0.05, 0) is 37.0 Å². The Bertz CT molecular complexity index is 641. The molecule has 0 bridgehead atoms. The zero-order valence-electron chi connectivity index (χ0n) is 13.3. The van der Waals surface area contributed by atoms with Gasteiger partial charge in [-0.1, -0.05) is 6.92 Å². The molecular formula is C17H22N4O2. The number of aromatic nitrogens is 3. The number of amides is 1. The zero-order valence-corrected chi connectivity index (χ0v) is 13.3. The van der Waals surface area contributed by atoms with Crippen molar-refractivity contribution in [3.63, 3.8) is 0 Å². The van der Waals surface area contributed by atoms with Crippen LogP contribution in [0.1, 0.15) is 31.7 Å². The number of ether oxygens (including phenoxy) is 1. The third-order valence-electron chi connectivity index (χ3n) is 4.17. The Hall–Kier alpha value is -2.21. The number of hydrogen-bond donors (Lipinski definition) is 1. The largest absolute Gasteiger partial charge is 0.377 e. The summed E-state index contributed by atoms with van der Waals surface area (Å²) in [7, 11) is 0. The first kappa shape index (κ1) is 15.7. The fourth-order valence-corrected chi connectivity index (χ4v) is 2.97. The van der Waals surface area contributed by atoms with Gasteiger partial charge in [0.15, 0.2) is 0 Å². The average molecular weight is 314 g/mol. The Morgan fingerprint density at radius 2 is 2.26 bits per heavy atom. The molecule has 0 saturated carbocycles. The molecule has 0 spiro atoms. The molecule has 3 rings (SSSR count). The van der Waals surface area contributed by atoms with Gasteiger partial charge >= 0.3 is 0 Å². The summed E-state index contributed by atoms with van der Waals surface area (Å²) in [5.74, 6) is -0.0442. The highest BCUT2D eigenvalue weighted by molar-refractivity contribution is 5.92. The molecule has 0 aliphatic carbocycles. The van der Waals surface area contributed by atoms with Gasteiger partial charge in [-0.15, -0.1) is 0 Å². The summed E-state index contributed by atoms with van der Waals surface area (Å²) in [5, 5.41) is 7.27. The number of carbonyl (C=O) groups excluding carboxylic acids is 1. The van der Waals surface area contributed by atoms with Crippen LogP contribution in [-0.4, -0.2) is 33.4 Å². The predicted molar refractivity (Wildman–Crippen MR) is 87.0 cm³/mol. The Balaban J connectivity index is 1.61. The lowest BCUT2D eigenvalue weighted by Crippen LogP contribution is -2.37. The molecule has 1 N–H and O–H groups in total. The summed E-state index contributed by atoms with van der Waals surface area (Å²) in [5.41, 5.74) is 1.84. The van der Waals surface area contributed by atoms with Gasteiger partial charge in [-0.25, -0.2) is 0 Å². The highest BCUT2D eigenvalue weighted by Gasteiger charge is 2.30. The molecule has 122 valence electrons. The number of anilines is 1. The fraction of sp³-hybridized carbons (Fsp3) is 0.471. The van der Waals surface area contributed by atoms with Crippen molar-refractivity contribution in [2.75, 3.05) is 11.9 Å². The molecular weight excluding hydrogens is 292 g/mol. The van der Waals surface area contributed by atoms with Crippen LogP contribution in [0.2, 0.25) is 0 Å². The Morgan fingerprint density at radius 3 is 3.04 bits per heavy atom. The van der Waals surface area contributed by atoms with E-state index in [2.05, 4.69) is 22.3 Å². The molecule has 6 nitrogen and oxygen atoms in total. The molecule has 23 heavy (non-hydrogen) atoms. The van der Waals surface area contributed by atoms with E-state index in [-0.39, 0.29) is 17.9 Å². The first-order chi connectivity index (χ1) is 11.3. The summed E-state index contributed by atoms with van der Waals surface area (Å²) in [6.45, 7) is 3.47. The van der Waals surface area contributed by atoms with E-state index in [1.54, 1.807) is 23.3 Å². The quantitative estimate of drug-likeness (QED) is 0.920. The maximum atomic E-state index is 12.5. The monoisotopic (exact) mass is 314 g/mol. The molecule has 2 aromatic heterocycles. The van der Waals surface area contributed by atoms with Crippen molar-refractivity contribution in [1.82, 2.24) is 14.8 Å². The minimum atomic E-state index is -0.0719. The van der Waals surface area contributed by atoms with Crippen LogP contribution >= 0.6 is 0 Å². The van der Waals surface area contributed by atoms with Gasteiger partial charge in [0.1, 0.15) is 0 Å². The SMILES string of the molecule is CC[C@@H]1OCCC[C@@H]1C(=O)Nc1cnn(Cc2ccncc2)c1. The van der Waals surface area contributed by atoms with E-state index in [4.69, 9.17) is 4.74 Å². The van der Waals surface area contributed by atoms with Gasteiger partial charge in [0.25, 0.3) is 0 Å². The van der Waals surface area contributed by atoms with E-state index >= 15 is 0 Å². The van der Waals surface area contributed by atoms with Crippen molar-refractivity contribution in [1.29, 1.82) is 0 Å². The summed E-state index contributed by atoms with van der Waals surface area (Å²) in [4.78, 5) is 16.5. The minimum absolute atomic E-state index is 0.0237. The molecule has 1 aliphatic rings. The summed E-state index contributed by atoms with van der Waals surface area (Å²) < 4.78 is 7.50. The van der Waals surface area contributed by atoms with Crippen molar-refractivity contribution in [2.45, 2.75) is 38.8 Å². The number of pyridine rings is 1. The van der Waals surface area contributed by atoms with Crippen LogP contribution in [0, 0.1) is 5.92 Å². The smallest absolute Gasteiger partial charge is 0.230 e. The lowest BCUT2D eigenvalue weighted by molar-refractivity contribution is -0.129. The van der Waals surface area contributed by atoms with Crippen LogP contribution < -0.4 is 5.32 Å². The molecule has 1 aliphatic heterocycles. The second kappa shape index (κ2) is 7.37. The van der Waals surface area contributed by atoms with Gasteiger partial charge in [0.05, 0.1) is 30.5 Å². The second-order valence-corrected chi connectivity index (χ2v) is 5.84. The predicted octanol–water partition coefficient (Wildman–Crippen LogP) is 2.47. The average Bonchev–Trinajstić information content (AvgIpc) is 3.02. The van der Waals surface area contributed by atoms with E-state index in [1.165, 1.54) is 0 Å².